The maximum Gasteiger partial charge on any atom is 0.250 e. The maximum absolute atomic E-state index is 12.0. The molecule has 0 saturated carbocycles. The van der Waals surface area contributed by atoms with Crippen LogP contribution in [0.25, 0.3) is 6.08 Å². The SMILES string of the molecule is CCCOc1ccccc1C=CC(=O)Nc1nc(C)c(C(C)=O)s1. The van der Waals surface area contributed by atoms with Gasteiger partial charge in [0.15, 0.2) is 10.9 Å². The Kier molecular flexibility index (Phi) is 6.26. The van der Waals surface area contributed by atoms with E-state index in [1.54, 1.807) is 13.0 Å². The number of Topliss-reactive ketones (excluding diaryl/α,β-unsaturated/α-hetero) is 1. The maximum atomic E-state index is 12.0. The summed E-state index contributed by atoms with van der Waals surface area (Å²) >= 11 is 1.18. The van der Waals surface area contributed by atoms with Crippen LogP contribution in [-0.4, -0.2) is 23.3 Å². The molecule has 6 heteroatoms. The van der Waals surface area contributed by atoms with Crippen LogP contribution in [0.15, 0.2) is 30.3 Å². The van der Waals surface area contributed by atoms with E-state index in [0.717, 1.165) is 17.7 Å². The van der Waals surface area contributed by atoms with Crippen molar-refractivity contribution in [1.29, 1.82) is 0 Å². The van der Waals surface area contributed by atoms with Crippen molar-refractivity contribution in [3.05, 3.63) is 46.5 Å². The van der Waals surface area contributed by atoms with Gasteiger partial charge in [-0.15, -0.1) is 0 Å². The fourth-order valence-electron chi connectivity index (χ4n) is 2.05. The molecule has 0 unspecified atom stereocenters. The fraction of sp³-hybridized carbons (Fsp3) is 0.278. The summed E-state index contributed by atoms with van der Waals surface area (Å²) in [5, 5.41) is 3.10. The summed E-state index contributed by atoms with van der Waals surface area (Å²) in [5.41, 5.74) is 1.46. The third-order valence-electron chi connectivity index (χ3n) is 3.14. The van der Waals surface area contributed by atoms with Crippen molar-refractivity contribution in [3.8, 4) is 5.75 Å². The van der Waals surface area contributed by atoms with Gasteiger partial charge in [-0.2, -0.15) is 0 Å². The smallest absolute Gasteiger partial charge is 0.250 e. The lowest BCUT2D eigenvalue weighted by Crippen LogP contribution is -2.07. The molecule has 1 heterocycles. The first-order valence-corrected chi connectivity index (χ1v) is 8.52. The average Bonchev–Trinajstić information content (AvgIpc) is 2.92. The monoisotopic (exact) mass is 344 g/mol. The number of nitrogens with one attached hydrogen (secondary N) is 1. The van der Waals surface area contributed by atoms with E-state index in [1.807, 2.05) is 31.2 Å². The second kappa shape index (κ2) is 8.40. The minimum absolute atomic E-state index is 0.0527. The molecule has 0 aliphatic heterocycles. The van der Waals surface area contributed by atoms with Crippen molar-refractivity contribution >= 4 is 34.2 Å². The Bertz CT molecular complexity index is 765. The van der Waals surface area contributed by atoms with Gasteiger partial charge in [0.25, 0.3) is 0 Å². The van der Waals surface area contributed by atoms with Crippen molar-refractivity contribution < 1.29 is 14.3 Å². The lowest BCUT2D eigenvalue weighted by molar-refractivity contribution is -0.111. The number of para-hydroxylation sites is 1. The molecule has 0 saturated heterocycles. The zero-order valence-corrected chi connectivity index (χ0v) is 14.8. The first kappa shape index (κ1) is 17.9. The number of ether oxygens (including phenoxy) is 1. The molecular formula is C18H20N2O3S. The first-order valence-electron chi connectivity index (χ1n) is 7.70. The largest absolute Gasteiger partial charge is 0.493 e. The molecule has 24 heavy (non-hydrogen) atoms. The van der Waals surface area contributed by atoms with Gasteiger partial charge in [0.05, 0.1) is 17.2 Å². The van der Waals surface area contributed by atoms with E-state index in [1.165, 1.54) is 24.3 Å². The van der Waals surface area contributed by atoms with E-state index in [-0.39, 0.29) is 11.7 Å². The lowest BCUT2D eigenvalue weighted by atomic mass is 10.2. The van der Waals surface area contributed by atoms with Gasteiger partial charge in [0, 0.05) is 18.6 Å². The zero-order valence-electron chi connectivity index (χ0n) is 14.0. The summed E-state index contributed by atoms with van der Waals surface area (Å²) in [6, 6.07) is 7.54. The van der Waals surface area contributed by atoms with Crippen LogP contribution in [0.3, 0.4) is 0 Å². The van der Waals surface area contributed by atoms with Crippen molar-refractivity contribution in [2.45, 2.75) is 27.2 Å². The Hall–Kier alpha value is -2.47. The van der Waals surface area contributed by atoms with Gasteiger partial charge >= 0.3 is 0 Å². The van der Waals surface area contributed by atoms with Crippen molar-refractivity contribution in [2.75, 3.05) is 11.9 Å². The minimum Gasteiger partial charge on any atom is -0.493 e. The number of amides is 1. The van der Waals surface area contributed by atoms with E-state index in [9.17, 15) is 9.59 Å². The summed E-state index contributed by atoms with van der Waals surface area (Å²) in [5.74, 6) is 0.388. The quantitative estimate of drug-likeness (QED) is 0.606. The Labute approximate surface area is 145 Å². The van der Waals surface area contributed by atoms with Gasteiger partial charge in [0.2, 0.25) is 5.91 Å². The second-order valence-corrected chi connectivity index (χ2v) is 6.20. The van der Waals surface area contributed by atoms with E-state index in [4.69, 9.17) is 4.74 Å². The molecule has 5 nitrogen and oxygen atoms in total. The normalized spacial score (nSPS) is 10.8. The predicted molar refractivity (Wildman–Crippen MR) is 96.7 cm³/mol. The summed E-state index contributed by atoms with van der Waals surface area (Å²) in [6.07, 6.45) is 4.05. The molecule has 126 valence electrons. The van der Waals surface area contributed by atoms with Gasteiger partial charge in [0.1, 0.15) is 5.75 Å². The molecule has 1 amide bonds. The highest BCUT2D eigenvalue weighted by Crippen LogP contribution is 2.23. The number of hydrogen-bond donors (Lipinski definition) is 1. The number of thiazole rings is 1. The van der Waals surface area contributed by atoms with Crippen molar-refractivity contribution in [2.24, 2.45) is 0 Å². The van der Waals surface area contributed by atoms with E-state index >= 15 is 0 Å². The van der Waals surface area contributed by atoms with Crippen LogP contribution in [0, 0.1) is 6.92 Å². The predicted octanol–water partition coefficient (Wildman–Crippen LogP) is 4.09. The number of hydrogen-bond acceptors (Lipinski definition) is 5. The average molecular weight is 344 g/mol. The number of carbonyl (C=O) groups is 2. The molecule has 0 radical (unpaired) electrons. The Morgan fingerprint density at radius 2 is 2.08 bits per heavy atom. The fourth-order valence-corrected chi connectivity index (χ4v) is 2.92. The molecule has 1 N–H and O–H groups in total. The molecule has 0 fully saturated rings. The van der Waals surface area contributed by atoms with Crippen LogP contribution < -0.4 is 10.1 Å². The number of ketones is 1. The van der Waals surface area contributed by atoms with Crippen LogP contribution >= 0.6 is 11.3 Å². The van der Waals surface area contributed by atoms with Crippen molar-refractivity contribution in [3.63, 3.8) is 0 Å². The number of benzene rings is 1. The Morgan fingerprint density at radius 1 is 1.33 bits per heavy atom. The number of rotatable bonds is 7. The molecule has 0 aliphatic carbocycles. The number of aryl methyl sites for hydroxylation is 1. The van der Waals surface area contributed by atoms with E-state index in [0.29, 0.717) is 22.3 Å². The van der Waals surface area contributed by atoms with Crippen LogP contribution in [0.5, 0.6) is 5.75 Å². The molecule has 0 atom stereocenters. The van der Waals surface area contributed by atoms with E-state index in [2.05, 4.69) is 10.3 Å². The van der Waals surface area contributed by atoms with Gasteiger partial charge in [-0.05, 0) is 25.5 Å². The third kappa shape index (κ3) is 4.76. The number of anilines is 1. The van der Waals surface area contributed by atoms with Crippen LogP contribution in [0.4, 0.5) is 5.13 Å². The molecule has 0 bridgehead atoms. The number of carbonyl (C=O) groups excluding carboxylic acids is 2. The van der Waals surface area contributed by atoms with Crippen LogP contribution in [0.2, 0.25) is 0 Å². The number of nitrogens with zero attached hydrogens (tertiary/aromatic N) is 1. The minimum atomic E-state index is -0.302. The van der Waals surface area contributed by atoms with Crippen LogP contribution in [0.1, 0.15) is 41.2 Å². The third-order valence-corrected chi connectivity index (χ3v) is 4.32. The summed E-state index contributed by atoms with van der Waals surface area (Å²) < 4.78 is 5.65. The topological polar surface area (TPSA) is 68.3 Å². The molecule has 1 aromatic heterocycles. The Balaban J connectivity index is 2.06. The molecule has 1 aromatic carbocycles. The van der Waals surface area contributed by atoms with Gasteiger partial charge in [-0.1, -0.05) is 36.5 Å². The van der Waals surface area contributed by atoms with Gasteiger partial charge in [-0.3, -0.25) is 14.9 Å². The molecule has 0 spiro atoms. The summed E-state index contributed by atoms with van der Waals surface area (Å²) in [7, 11) is 0. The van der Waals surface area contributed by atoms with Crippen molar-refractivity contribution in [1.82, 2.24) is 4.98 Å². The van der Waals surface area contributed by atoms with Gasteiger partial charge < -0.3 is 4.74 Å². The van der Waals surface area contributed by atoms with Crippen LogP contribution in [-0.2, 0) is 4.79 Å². The number of aromatic nitrogens is 1. The van der Waals surface area contributed by atoms with Gasteiger partial charge in [-0.25, -0.2) is 4.98 Å². The van der Waals surface area contributed by atoms with E-state index < -0.39 is 0 Å². The molecular weight excluding hydrogens is 324 g/mol. The summed E-state index contributed by atoms with van der Waals surface area (Å²) in [4.78, 5) is 28.2. The highest BCUT2D eigenvalue weighted by Gasteiger charge is 2.12. The Morgan fingerprint density at radius 3 is 2.75 bits per heavy atom. The second-order valence-electron chi connectivity index (χ2n) is 5.20. The summed E-state index contributed by atoms with van der Waals surface area (Å²) in [6.45, 7) is 5.90. The molecule has 2 aromatic rings. The standard InChI is InChI=1S/C18H20N2O3S/c1-4-11-23-15-8-6-5-7-14(15)9-10-16(22)20-18-19-12(2)17(24-18)13(3)21/h5-10H,4,11H2,1-3H3,(H,19,20,22). The highest BCUT2D eigenvalue weighted by atomic mass is 32.1. The lowest BCUT2D eigenvalue weighted by Gasteiger charge is -2.07. The molecule has 2 rings (SSSR count). The zero-order chi connectivity index (χ0) is 17.5. The molecule has 0 aliphatic rings. The highest BCUT2D eigenvalue weighted by molar-refractivity contribution is 7.17. The first-order chi connectivity index (χ1) is 11.5.